The fourth-order valence-electron chi connectivity index (χ4n) is 14.6. The van der Waals surface area contributed by atoms with Gasteiger partial charge in [0.05, 0.1) is 87.4 Å². The summed E-state index contributed by atoms with van der Waals surface area (Å²) in [5.41, 5.74) is 24.5. The SMILES string of the molecule is COC(C(=O)Nc1ccc(-c2nccn3cc(-c4cnn(C)c4)cc23)cc1)c1ccccc1.CS(=O)(=O)Nc1ccc(-c2nccn3cc(-c4ccc(S(C)(=O)=O)cc4)cc23)cc1.Cn1cc(-c2cc3c(-c4ccc(NC(=O)Cc5ccc(Cl)cc5)cc4)nccn3c2)cn1.Cn1cc(-c2cc3c(-c4ccc(NC(=O)Cc5cccc(Cl)c5)cc4)nccn3c2)cn1. The number of sulfonamides is 1. The Morgan fingerprint density at radius 2 is 0.732 bits per heavy atom. The molecule has 0 radical (unpaired) electrons. The number of rotatable bonds is 21. The first-order chi connectivity index (χ1) is 61.3. The predicted octanol–water partition coefficient (Wildman–Crippen LogP) is 18.6. The van der Waals surface area contributed by atoms with Gasteiger partial charge in [0, 0.05) is 221 Å². The molecule has 19 rings (SSSR count). The van der Waals surface area contributed by atoms with Crippen molar-refractivity contribution < 1.29 is 36.0 Å². The number of fused-ring (bicyclic) bond motifs is 4. The van der Waals surface area contributed by atoms with Crippen LogP contribution < -0.4 is 20.7 Å². The Morgan fingerprint density at radius 1 is 0.370 bits per heavy atom. The number of anilines is 4. The van der Waals surface area contributed by atoms with Gasteiger partial charge in [-0.15, -0.1) is 0 Å². The van der Waals surface area contributed by atoms with Crippen molar-refractivity contribution in [2.24, 2.45) is 21.1 Å². The topological polar surface area (TPSA) is 300 Å². The van der Waals surface area contributed by atoms with Gasteiger partial charge in [0.15, 0.2) is 15.9 Å². The normalized spacial score (nSPS) is 11.6. The molecule has 1 unspecified atom stereocenters. The second-order valence-corrected chi connectivity index (χ2v) is 34.7. The fourth-order valence-corrected chi connectivity index (χ4v) is 16.1. The number of carbonyl (C=O) groups is 3. The lowest BCUT2D eigenvalue weighted by Gasteiger charge is -2.16. The molecule has 1 atom stereocenters. The molecule has 0 spiro atoms. The number of hydrogen-bond acceptors (Lipinski definition) is 15. The second-order valence-electron chi connectivity index (χ2n) is 30.1. The molecule has 0 aliphatic carbocycles. The van der Waals surface area contributed by atoms with Gasteiger partial charge < -0.3 is 38.3 Å². The van der Waals surface area contributed by atoms with E-state index in [1.165, 1.54) is 13.4 Å². The van der Waals surface area contributed by atoms with Crippen LogP contribution in [0.1, 0.15) is 22.8 Å². The molecule has 634 valence electrons. The van der Waals surface area contributed by atoms with Gasteiger partial charge in [0.2, 0.25) is 21.8 Å². The lowest BCUT2D eigenvalue weighted by molar-refractivity contribution is -0.126. The van der Waals surface area contributed by atoms with E-state index >= 15 is 0 Å². The quantitative estimate of drug-likeness (QED) is 0.0520. The van der Waals surface area contributed by atoms with E-state index in [0.29, 0.717) is 27.8 Å². The molecule has 3 amide bonds. The third-order valence-electron chi connectivity index (χ3n) is 20.7. The molecule has 11 heterocycles. The van der Waals surface area contributed by atoms with Gasteiger partial charge in [0.1, 0.15) is 0 Å². The van der Waals surface area contributed by atoms with E-state index in [-0.39, 0.29) is 29.0 Å². The van der Waals surface area contributed by atoms with Crippen LogP contribution in [0, 0.1) is 0 Å². The number of ether oxygens (including phenoxy) is 1. The van der Waals surface area contributed by atoms with E-state index in [4.69, 9.17) is 27.9 Å². The first-order valence-corrected chi connectivity index (χ1v) is 44.4. The third-order valence-corrected chi connectivity index (χ3v) is 22.9. The maximum Gasteiger partial charge on any atom is 0.258 e. The number of amides is 3. The molecule has 26 nitrogen and oxygen atoms in total. The minimum Gasteiger partial charge on any atom is -0.367 e. The molecule has 30 heteroatoms. The van der Waals surface area contributed by atoms with Crippen molar-refractivity contribution in [2.45, 2.75) is 23.8 Å². The summed E-state index contributed by atoms with van der Waals surface area (Å²) in [6.07, 6.45) is 36.6. The van der Waals surface area contributed by atoms with Crippen molar-refractivity contribution in [3.63, 3.8) is 0 Å². The maximum absolute atomic E-state index is 12.8. The van der Waals surface area contributed by atoms with E-state index < -0.39 is 26.0 Å². The number of benzene rings is 8. The molecule has 11 aromatic heterocycles. The molecule has 0 aliphatic rings. The van der Waals surface area contributed by atoms with Crippen LogP contribution in [0.2, 0.25) is 10.0 Å². The van der Waals surface area contributed by atoms with E-state index in [2.05, 4.69) is 106 Å². The summed E-state index contributed by atoms with van der Waals surface area (Å²) in [6.45, 7) is 0. The number of aromatic nitrogens is 14. The smallest absolute Gasteiger partial charge is 0.258 e. The summed E-state index contributed by atoms with van der Waals surface area (Å²) in [4.78, 5) is 56.1. The predicted molar refractivity (Wildman–Crippen MR) is 499 cm³/mol. The van der Waals surface area contributed by atoms with Crippen molar-refractivity contribution in [1.82, 2.24) is 66.9 Å². The molecular weight excluding hydrogens is 1680 g/mol. The zero-order valence-electron chi connectivity index (χ0n) is 69.3. The molecule has 0 saturated carbocycles. The van der Waals surface area contributed by atoms with Gasteiger partial charge in [-0.1, -0.05) is 138 Å². The second kappa shape index (κ2) is 37.5. The zero-order chi connectivity index (χ0) is 88.5. The summed E-state index contributed by atoms with van der Waals surface area (Å²) in [7, 11) is 0.666. The largest absolute Gasteiger partial charge is 0.367 e. The number of carbonyl (C=O) groups excluding carboxylic acids is 3. The van der Waals surface area contributed by atoms with Gasteiger partial charge in [-0.2, -0.15) is 15.3 Å². The maximum atomic E-state index is 12.8. The molecule has 127 heavy (non-hydrogen) atoms. The minimum atomic E-state index is -3.34. The highest BCUT2D eigenvalue weighted by molar-refractivity contribution is 7.92. The summed E-state index contributed by atoms with van der Waals surface area (Å²) < 4.78 is 67.5. The Bertz CT molecular complexity index is 7440. The van der Waals surface area contributed by atoms with Crippen LogP contribution in [0.5, 0.6) is 0 Å². The average Bonchev–Trinajstić information content (AvgIpc) is 1.70. The number of halogens is 2. The Hall–Kier alpha value is -15.2. The number of nitrogens with zero attached hydrogens (tertiary/aromatic N) is 14. The van der Waals surface area contributed by atoms with Crippen molar-refractivity contribution >= 4 is 106 Å². The Morgan fingerprint density at radius 3 is 1.09 bits per heavy atom. The highest BCUT2D eigenvalue weighted by Gasteiger charge is 2.22. The van der Waals surface area contributed by atoms with Crippen LogP contribution in [-0.2, 0) is 73.0 Å². The highest BCUT2D eigenvalue weighted by atomic mass is 35.5. The zero-order valence-corrected chi connectivity index (χ0v) is 72.5. The number of sulfone groups is 1. The molecular formula is C97H82Cl2N18O8S2. The fraction of sp³-hybridized carbons (Fsp3) is 0.0928. The summed E-state index contributed by atoms with van der Waals surface area (Å²) in [5.74, 6) is -0.384. The number of hydrogen-bond donors (Lipinski definition) is 4. The molecule has 0 saturated heterocycles. The molecule has 4 N–H and O–H groups in total. The average molecular weight is 1760 g/mol. The highest BCUT2D eigenvalue weighted by Crippen LogP contribution is 2.36. The first-order valence-electron chi connectivity index (χ1n) is 39.8. The first kappa shape index (κ1) is 85.4. The third kappa shape index (κ3) is 20.9. The summed E-state index contributed by atoms with van der Waals surface area (Å²) in [6, 6.07) is 69.2. The Kier molecular flexibility index (Phi) is 25.2. The van der Waals surface area contributed by atoms with Crippen LogP contribution in [0.25, 0.3) is 112 Å². The summed E-state index contributed by atoms with van der Waals surface area (Å²) in [5, 5.41) is 22.9. The number of methoxy groups -OCH3 is 1. The molecule has 0 bridgehead atoms. The van der Waals surface area contributed by atoms with E-state index in [9.17, 15) is 31.2 Å². The van der Waals surface area contributed by atoms with Crippen molar-refractivity contribution in [2.75, 3.05) is 40.3 Å². The lowest BCUT2D eigenvalue weighted by Crippen LogP contribution is -2.22. The monoisotopic (exact) mass is 1760 g/mol. The van der Waals surface area contributed by atoms with Crippen LogP contribution in [0.4, 0.5) is 22.7 Å². The van der Waals surface area contributed by atoms with Crippen LogP contribution in [-0.4, -0.2) is 121 Å². The van der Waals surface area contributed by atoms with Crippen molar-refractivity contribution in [3.8, 4) is 89.5 Å². The number of nitrogens with one attached hydrogen (secondary N) is 4. The lowest BCUT2D eigenvalue weighted by atomic mass is 10.1. The van der Waals surface area contributed by atoms with Gasteiger partial charge in [-0.3, -0.25) is 53.1 Å². The Balaban J connectivity index is 0.000000125. The van der Waals surface area contributed by atoms with Gasteiger partial charge in [0.25, 0.3) is 5.91 Å². The van der Waals surface area contributed by atoms with Crippen molar-refractivity contribution in [1.29, 1.82) is 0 Å². The molecule has 0 aliphatic heterocycles. The van der Waals surface area contributed by atoms with Crippen LogP contribution in [0.3, 0.4) is 0 Å². The van der Waals surface area contributed by atoms with Gasteiger partial charge in [-0.25, -0.2) is 16.8 Å². The molecule has 19 aromatic rings. The van der Waals surface area contributed by atoms with Gasteiger partial charge >= 0.3 is 0 Å². The summed E-state index contributed by atoms with van der Waals surface area (Å²) >= 11 is 11.9. The Labute approximate surface area is 741 Å². The van der Waals surface area contributed by atoms with E-state index in [1.807, 2.05) is 239 Å². The standard InChI is InChI=1S/C26H23N5O2.2C25H20ClN5O.C21H19N3O4S2/c1-30-16-21(15-28-30)20-14-23-24(27-12-13-31(23)17-20)18-8-10-22(11-9-18)29-26(32)25(33-2)19-6-4-3-5-7-19;1-30-15-20(14-28-30)19-13-23-25(27-10-11-31(23)16-19)18-4-8-22(9-5-18)29-24(32)12-17-2-6-21(26)7-3-17;1-30-15-20(14-28-30)19-13-23-25(27-9-10-31(23)16-19)18-5-7-22(8-6-18)29-24(32)12-17-3-2-4-21(26)11-17;1-29(25,26)19-9-5-15(6-10-19)17-13-20-21(22-11-12-24(20)14-17)16-3-7-18(8-4-16)23-30(2,27)28/h3-17,25H,1-2H3,(H,29,32);2*2-11,13-16H,12H2,1H3,(H,29,32);3-14,23H,1-2H3. The van der Waals surface area contributed by atoms with Gasteiger partial charge in [-0.05, 0) is 131 Å². The van der Waals surface area contributed by atoms with E-state index in [1.54, 1.807) is 99.5 Å². The van der Waals surface area contributed by atoms with Crippen LogP contribution >= 0.6 is 23.2 Å². The molecule has 0 fully saturated rings. The van der Waals surface area contributed by atoms with Crippen molar-refractivity contribution in [3.05, 3.63) is 363 Å². The van der Waals surface area contributed by atoms with E-state index in [0.717, 1.165) is 146 Å². The number of aryl methyl sites for hydroxylation is 3. The minimum absolute atomic E-state index is 0.0759. The van der Waals surface area contributed by atoms with Crippen LogP contribution in [0.15, 0.2) is 341 Å². The molecule has 8 aromatic carbocycles.